The van der Waals surface area contributed by atoms with Crippen molar-refractivity contribution in [1.82, 2.24) is 14.7 Å². The summed E-state index contributed by atoms with van der Waals surface area (Å²) in [5, 5.41) is 15.9. The maximum absolute atomic E-state index is 14.0. The van der Waals surface area contributed by atoms with E-state index in [1.165, 1.54) is 12.1 Å². The quantitative estimate of drug-likeness (QED) is 0.297. The molecule has 1 unspecified atom stereocenters. The Morgan fingerprint density at radius 2 is 1.81 bits per heavy atom. The number of aryl methyl sites for hydroxylation is 1. The van der Waals surface area contributed by atoms with Gasteiger partial charge in [0.15, 0.2) is 0 Å². The predicted molar refractivity (Wildman–Crippen MR) is 141 cm³/mol. The third-order valence-electron chi connectivity index (χ3n) is 7.61. The summed E-state index contributed by atoms with van der Waals surface area (Å²) in [5.41, 5.74) is 6.32. The number of rotatable bonds is 5. The molecule has 3 aromatic heterocycles. The van der Waals surface area contributed by atoms with Gasteiger partial charge in [0, 0.05) is 35.9 Å². The first-order valence-corrected chi connectivity index (χ1v) is 12.7. The molecule has 0 aliphatic carbocycles. The summed E-state index contributed by atoms with van der Waals surface area (Å²) in [6.45, 7) is 6.89. The molecular weight excluding hydrogens is 469 g/mol. The van der Waals surface area contributed by atoms with Crippen LogP contribution in [0.2, 0.25) is 0 Å². The molecule has 1 N–H and O–H groups in total. The van der Waals surface area contributed by atoms with Gasteiger partial charge in [0.2, 0.25) is 0 Å². The molecule has 5 aromatic rings. The van der Waals surface area contributed by atoms with Gasteiger partial charge in [0.25, 0.3) is 0 Å². The van der Waals surface area contributed by atoms with Gasteiger partial charge in [-0.1, -0.05) is 29.4 Å². The van der Waals surface area contributed by atoms with Crippen LogP contribution < -0.4 is 0 Å². The second-order valence-corrected chi connectivity index (χ2v) is 10.5. The Balaban J connectivity index is 1.68. The van der Waals surface area contributed by atoms with Gasteiger partial charge in [-0.05, 0) is 74.9 Å². The normalized spacial score (nSPS) is 16.0. The second kappa shape index (κ2) is 9.08. The van der Waals surface area contributed by atoms with Gasteiger partial charge in [0.05, 0.1) is 33.9 Å². The maximum Gasteiger partial charge on any atom is 0.131 e. The van der Waals surface area contributed by atoms with Crippen LogP contribution in [0.5, 0.6) is 0 Å². The first kappa shape index (κ1) is 23.8. The van der Waals surface area contributed by atoms with E-state index in [1.807, 2.05) is 37.4 Å². The van der Waals surface area contributed by atoms with E-state index in [0.29, 0.717) is 13.2 Å². The largest absolute Gasteiger partial charge is 0.386 e. The lowest BCUT2D eigenvalue weighted by atomic mass is 9.86. The Kier molecular flexibility index (Phi) is 5.85. The van der Waals surface area contributed by atoms with Gasteiger partial charge in [-0.15, -0.1) is 0 Å². The summed E-state index contributed by atoms with van der Waals surface area (Å²) in [5.74, 6) is 0.0256. The zero-order valence-electron chi connectivity index (χ0n) is 21.2. The van der Waals surface area contributed by atoms with Crippen molar-refractivity contribution >= 4 is 21.9 Å². The molecule has 1 atom stereocenters. The molecule has 37 heavy (non-hydrogen) atoms. The highest BCUT2D eigenvalue weighted by Gasteiger charge is 2.31. The number of ether oxygens (including phenoxy) is 1. The van der Waals surface area contributed by atoms with Gasteiger partial charge in [-0.2, -0.15) is 0 Å². The minimum Gasteiger partial charge on any atom is -0.386 e. The molecule has 1 saturated heterocycles. The predicted octanol–water partition coefficient (Wildman–Crippen LogP) is 6.54. The number of nitrogens with zero attached hydrogens (tertiary/aromatic N) is 3. The third kappa shape index (κ3) is 4.22. The Labute approximate surface area is 214 Å². The standard InChI is InChI=1S/C30H30FN3O3/c1-18-25(17-37-33-18)21-14-27-28(32-16-21)24-9-6-22(30(2,3)35)15-26(24)34(27)29(20-10-12-36-13-11-20)19-4-7-23(31)8-5-19/h4-9,14-17,20,29,35H,10-13H2,1-3H3. The highest BCUT2D eigenvalue weighted by molar-refractivity contribution is 6.07. The molecule has 2 aromatic carbocycles. The average molecular weight is 500 g/mol. The smallest absolute Gasteiger partial charge is 0.131 e. The number of aromatic nitrogens is 3. The molecule has 1 fully saturated rings. The van der Waals surface area contributed by atoms with Crippen molar-refractivity contribution in [3.05, 3.63) is 83.6 Å². The molecule has 0 saturated carbocycles. The zero-order chi connectivity index (χ0) is 25.7. The Morgan fingerprint density at radius 3 is 2.49 bits per heavy atom. The van der Waals surface area contributed by atoms with Crippen molar-refractivity contribution in [2.45, 2.75) is 45.3 Å². The van der Waals surface area contributed by atoms with E-state index in [0.717, 1.165) is 62.7 Å². The Bertz CT molecular complexity index is 1570. The lowest BCUT2D eigenvalue weighted by Gasteiger charge is -2.33. The van der Waals surface area contributed by atoms with Crippen molar-refractivity contribution in [3.8, 4) is 11.1 Å². The van der Waals surface area contributed by atoms with Crippen LogP contribution in [-0.2, 0) is 10.3 Å². The highest BCUT2D eigenvalue weighted by atomic mass is 19.1. The van der Waals surface area contributed by atoms with Crippen LogP contribution in [0.1, 0.15) is 49.6 Å². The van der Waals surface area contributed by atoms with E-state index in [1.54, 1.807) is 20.1 Å². The Hall–Kier alpha value is -3.55. The van der Waals surface area contributed by atoms with Crippen molar-refractivity contribution < 1.29 is 18.8 Å². The van der Waals surface area contributed by atoms with Crippen molar-refractivity contribution in [2.24, 2.45) is 5.92 Å². The van der Waals surface area contributed by atoms with Crippen LogP contribution in [0.4, 0.5) is 4.39 Å². The maximum atomic E-state index is 14.0. The number of halogens is 1. The minimum atomic E-state index is -1.00. The summed E-state index contributed by atoms with van der Waals surface area (Å²) >= 11 is 0. The Morgan fingerprint density at radius 1 is 1.05 bits per heavy atom. The molecule has 0 spiro atoms. The molecule has 0 radical (unpaired) electrons. The number of hydrogen-bond donors (Lipinski definition) is 1. The lowest BCUT2D eigenvalue weighted by Crippen LogP contribution is -2.27. The summed E-state index contributed by atoms with van der Waals surface area (Å²) in [4.78, 5) is 4.92. The number of pyridine rings is 1. The molecule has 190 valence electrons. The van der Waals surface area contributed by atoms with Gasteiger partial charge >= 0.3 is 0 Å². The van der Waals surface area contributed by atoms with Crippen molar-refractivity contribution in [3.63, 3.8) is 0 Å². The van der Waals surface area contributed by atoms with Crippen LogP contribution in [0.15, 0.2) is 65.5 Å². The molecular formula is C30H30FN3O3. The van der Waals surface area contributed by atoms with Gasteiger partial charge < -0.3 is 18.9 Å². The lowest BCUT2D eigenvalue weighted by molar-refractivity contribution is 0.0552. The molecule has 0 bridgehead atoms. The summed E-state index contributed by atoms with van der Waals surface area (Å²) in [6, 6.07) is 15.0. The molecule has 6 rings (SSSR count). The minimum absolute atomic E-state index is 0.0674. The van der Waals surface area contributed by atoms with Crippen LogP contribution >= 0.6 is 0 Å². The van der Waals surface area contributed by atoms with E-state index < -0.39 is 5.60 Å². The number of hydrogen-bond acceptors (Lipinski definition) is 5. The fraction of sp³-hybridized carbons (Fsp3) is 0.333. The van der Waals surface area contributed by atoms with E-state index in [2.05, 4.69) is 21.9 Å². The van der Waals surface area contributed by atoms with Gasteiger partial charge in [-0.25, -0.2) is 4.39 Å². The number of aliphatic hydroxyl groups is 1. The first-order valence-electron chi connectivity index (χ1n) is 12.7. The van der Waals surface area contributed by atoms with Gasteiger partial charge in [-0.3, -0.25) is 4.98 Å². The average Bonchev–Trinajstić information content (AvgIpc) is 3.46. The fourth-order valence-electron chi connectivity index (χ4n) is 5.63. The molecule has 1 aliphatic rings. The van der Waals surface area contributed by atoms with Crippen LogP contribution in [-0.4, -0.2) is 33.0 Å². The monoisotopic (exact) mass is 499 g/mol. The van der Waals surface area contributed by atoms with Gasteiger partial charge in [0.1, 0.15) is 12.1 Å². The van der Waals surface area contributed by atoms with E-state index in [4.69, 9.17) is 14.2 Å². The highest BCUT2D eigenvalue weighted by Crippen LogP contribution is 2.42. The molecule has 6 nitrogen and oxygen atoms in total. The number of benzene rings is 2. The molecule has 7 heteroatoms. The number of fused-ring (bicyclic) bond motifs is 3. The zero-order valence-corrected chi connectivity index (χ0v) is 21.2. The van der Waals surface area contributed by atoms with Crippen LogP contribution in [0.3, 0.4) is 0 Å². The van der Waals surface area contributed by atoms with E-state index >= 15 is 0 Å². The summed E-state index contributed by atoms with van der Waals surface area (Å²) < 4.78 is 27.3. The summed E-state index contributed by atoms with van der Waals surface area (Å²) in [7, 11) is 0. The molecule has 1 aliphatic heterocycles. The SMILES string of the molecule is Cc1nocc1-c1cnc2c3ccc(C(C)(C)O)cc3n(C(c3ccc(F)cc3)C3CCOCC3)c2c1. The van der Waals surface area contributed by atoms with E-state index in [-0.39, 0.29) is 17.8 Å². The van der Waals surface area contributed by atoms with Crippen molar-refractivity contribution in [1.29, 1.82) is 0 Å². The second-order valence-electron chi connectivity index (χ2n) is 10.5. The van der Waals surface area contributed by atoms with Crippen molar-refractivity contribution in [2.75, 3.05) is 13.2 Å². The van der Waals surface area contributed by atoms with Crippen LogP contribution in [0.25, 0.3) is 33.1 Å². The third-order valence-corrected chi connectivity index (χ3v) is 7.61. The summed E-state index contributed by atoms with van der Waals surface area (Å²) in [6.07, 6.45) is 5.29. The topological polar surface area (TPSA) is 73.3 Å². The molecule has 0 amide bonds. The first-order chi connectivity index (χ1) is 17.8. The fourth-order valence-corrected chi connectivity index (χ4v) is 5.63. The molecule has 4 heterocycles. The van der Waals surface area contributed by atoms with Crippen LogP contribution in [0, 0.1) is 18.7 Å². The van der Waals surface area contributed by atoms with E-state index in [9.17, 15) is 9.50 Å².